The van der Waals surface area contributed by atoms with E-state index in [9.17, 15) is 19.8 Å². The molecule has 0 fully saturated rings. The van der Waals surface area contributed by atoms with Crippen LogP contribution in [0.1, 0.15) is 12.8 Å². The average Bonchev–Trinajstić information content (AvgIpc) is 1.99. The van der Waals surface area contributed by atoms with Gasteiger partial charge < -0.3 is 29.4 Å². The minimum absolute atomic E-state index is 0. The van der Waals surface area contributed by atoms with E-state index in [2.05, 4.69) is 21.1 Å². The molecule has 16 heavy (non-hydrogen) atoms. The molecule has 0 aromatic carbocycles. The number of likely N-dealkylation sites (N-methyl/N-ethyl adjacent to an activating group) is 1. The monoisotopic (exact) mass is 243 g/mol. The molecule has 0 unspecified atom stereocenters. The number of hydrogen-bond acceptors (Lipinski definition) is 5. The second-order valence-corrected chi connectivity index (χ2v) is 3.98. The number of carboxylic acids is 2. The van der Waals surface area contributed by atoms with Gasteiger partial charge in [-0.15, -0.1) is 0 Å². The van der Waals surface area contributed by atoms with E-state index in [1.165, 1.54) is 0 Å². The predicted molar refractivity (Wildman–Crippen MR) is 49.2 cm³/mol. The van der Waals surface area contributed by atoms with Crippen molar-refractivity contribution in [3.05, 3.63) is 0 Å². The zero-order chi connectivity index (χ0) is 12.5. The summed E-state index contributed by atoms with van der Waals surface area (Å²) < 4.78 is 0.844. The van der Waals surface area contributed by atoms with E-state index in [0.717, 1.165) is 11.0 Å². The van der Waals surface area contributed by atoms with Crippen molar-refractivity contribution >= 4 is 11.9 Å². The van der Waals surface area contributed by atoms with E-state index in [1.807, 2.05) is 0 Å². The average molecular weight is 243 g/mol. The molecule has 6 nitrogen and oxygen atoms in total. The number of hydrogen-bond donors (Lipinski definition) is 1. The topological polar surface area (TPSA) is 100 Å². The largest absolute Gasteiger partial charge is 1.00 e. The van der Waals surface area contributed by atoms with Gasteiger partial charge in [-0.1, -0.05) is 0 Å². The van der Waals surface area contributed by atoms with Crippen LogP contribution in [0, 0.1) is 0 Å². The molecule has 0 radical (unpaired) electrons. The molecule has 0 saturated heterocycles. The predicted octanol–water partition coefficient (Wildman–Crippen LogP) is -6.04. The molecule has 90 valence electrons. The van der Waals surface area contributed by atoms with Gasteiger partial charge >= 0.3 is 29.6 Å². The molecule has 1 N–H and O–H groups in total. The van der Waals surface area contributed by atoms with Gasteiger partial charge in [-0.2, -0.15) is 0 Å². The first-order chi connectivity index (χ1) is 6.69. The minimum Gasteiger partial charge on any atom is -0.550 e. The molecule has 0 saturated carbocycles. The first kappa shape index (κ1) is 21.2. The number of aliphatic hydroxyl groups is 1. The number of carboxylic acid groups (broad SMARTS) is 2. The molecule has 7 heteroatoms. The molecule has 0 heterocycles. The Hall–Kier alpha value is -0.140. The molecular weight excluding hydrogens is 225 g/mol. The maximum atomic E-state index is 9.50. The summed E-state index contributed by atoms with van der Waals surface area (Å²) in [4.78, 5) is 19.0. The Kier molecular flexibility index (Phi) is 15.0. The molecule has 0 amide bonds. The van der Waals surface area contributed by atoms with Crippen molar-refractivity contribution < 1.29 is 58.9 Å². The smallest absolute Gasteiger partial charge is 0.550 e. The van der Waals surface area contributed by atoms with Gasteiger partial charge in [0.15, 0.2) is 0 Å². The first-order valence-electron chi connectivity index (χ1n) is 4.50. The van der Waals surface area contributed by atoms with Crippen LogP contribution in [-0.4, -0.2) is 55.8 Å². The number of carbonyl (C=O) groups is 2. The van der Waals surface area contributed by atoms with Crippen LogP contribution in [0.25, 0.3) is 0 Å². The molecule has 0 aromatic heterocycles. The van der Waals surface area contributed by atoms with E-state index in [-0.39, 0.29) is 36.2 Å². The molecule has 0 atom stereocenters. The summed E-state index contributed by atoms with van der Waals surface area (Å²) >= 11 is 0. The molecule has 0 rings (SSSR count). The molecule has 0 aliphatic heterocycles. The van der Waals surface area contributed by atoms with E-state index < -0.39 is 24.8 Å². The number of carbonyl (C=O) groups excluding carboxylic acids is 2. The normalized spacial score (nSPS) is 9.50. The van der Waals surface area contributed by atoms with Crippen LogP contribution in [0.15, 0.2) is 0 Å². The summed E-state index contributed by atoms with van der Waals surface area (Å²) in [7, 11) is 6.16. The van der Waals surface area contributed by atoms with E-state index in [4.69, 9.17) is 5.11 Å². The van der Waals surface area contributed by atoms with Crippen LogP contribution in [0.4, 0.5) is 0 Å². The van der Waals surface area contributed by atoms with Crippen molar-refractivity contribution in [3.8, 4) is 0 Å². The fraction of sp³-hybridized carbons (Fsp3) is 0.778. The van der Waals surface area contributed by atoms with Gasteiger partial charge in [0.25, 0.3) is 0 Å². The second kappa shape index (κ2) is 11.3. The summed E-state index contributed by atoms with van der Waals surface area (Å²) in [5, 5.41) is 27.4. The Balaban J connectivity index is -0.000000200. The number of quaternary nitrogens is 1. The van der Waals surface area contributed by atoms with Crippen molar-refractivity contribution in [1.29, 1.82) is 0 Å². The Labute approximate surface area is 118 Å². The molecular formula is C9H18NNaO5. The summed E-state index contributed by atoms with van der Waals surface area (Å²) in [6, 6.07) is 0. The fourth-order valence-corrected chi connectivity index (χ4v) is 0.504. The van der Waals surface area contributed by atoms with Gasteiger partial charge in [0.2, 0.25) is 0 Å². The molecule has 0 aliphatic rings. The summed E-state index contributed by atoms with van der Waals surface area (Å²) in [6.07, 6.45) is -0.940. The van der Waals surface area contributed by atoms with Crippen LogP contribution in [0.2, 0.25) is 0 Å². The van der Waals surface area contributed by atoms with Crippen molar-refractivity contribution in [1.82, 2.24) is 0 Å². The van der Waals surface area contributed by atoms with Crippen LogP contribution < -0.4 is 39.8 Å². The summed E-state index contributed by atoms with van der Waals surface area (Å²) in [5.41, 5.74) is 0. The van der Waals surface area contributed by atoms with Crippen LogP contribution >= 0.6 is 0 Å². The maximum Gasteiger partial charge on any atom is 1.00 e. The molecule has 0 aromatic rings. The van der Waals surface area contributed by atoms with Crippen molar-refractivity contribution in [2.45, 2.75) is 12.8 Å². The summed E-state index contributed by atoms with van der Waals surface area (Å²) in [6.45, 7) is 1.11. The zero-order valence-electron chi connectivity index (χ0n) is 10.4. The fourth-order valence-electron chi connectivity index (χ4n) is 0.504. The van der Waals surface area contributed by atoms with Crippen molar-refractivity contribution in [3.63, 3.8) is 0 Å². The minimum atomic E-state index is -1.37. The van der Waals surface area contributed by atoms with Gasteiger partial charge in [-0.25, -0.2) is 0 Å². The third-order valence-corrected chi connectivity index (χ3v) is 1.30. The van der Waals surface area contributed by atoms with Gasteiger partial charge in [0, 0.05) is 11.9 Å². The first-order valence-corrected chi connectivity index (χ1v) is 4.50. The van der Waals surface area contributed by atoms with E-state index >= 15 is 0 Å². The van der Waals surface area contributed by atoms with Crippen LogP contribution in [0.3, 0.4) is 0 Å². The summed E-state index contributed by atoms with van der Waals surface area (Å²) in [5.74, 6) is -2.73. The van der Waals surface area contributed by atoms with Crippen LogP contribution in [-0.2, 0) is 9.59 Å². The van der Waals surface area contributed by atoms with Crippen molar-refractivity contribution in [2.75, 3.05) is 34.3 Å². The number of rotatable bonds is 5. The molecule has 0 spiro atoms. The quantitative estimate of drug-likeness (QED) is 0.382. The van der Waals surface area contributed by atoms with Gasteiger partial charge in [0.1, 0.15) is 6.54 Å². The number of aliphatic hydroxyl groups excluding tert-OH is 1. The molecule has 0 bridgehead atoms. The van der Waals surface area contributed by atoms with Crippen molar-refractivity contribution in [2.24, 2.45) is 0 Å². The number of nitrogens with zero attached hydrogens (tertiary/aromatic N) is 1. The molecule has 0 aliphatic carbocycles. The van der Waals surface area contributed by atoms with Gasteiger partial charge in [-0.05, 0) is 12.8 Å². The number of aliphatic carboxylic acids is 2. The standard InChI is InChI=1S/C5H14NO.C4H6O4.Na/c1-6(2,3)4-5-7;5-3(6)1-2-4(7)8;/h7H,4-5H2,1-3H3;1-2H2,(H,5,6)(H,7,8);/q+1;;+1/p-2. The van der Waals surface area contributed by atoms with Gasteiger partial charge in [0.05, 0.1) is 27.7 Å². The Morgan fingerprint density at radius 1 is 1.06 bits per heavy atom. The second-order valence-electron chi connectivity index (χ2n) is 3.98. The van der Waals surface area contributed by atoms with Crippen LogP contribution in [0.5, 0.6) is 0 Å². The zero-order valence-corrected chi connectivity index (χ0v) is 12.4. The van der Waals surface area contributed by atoms with E-state index in [0.29, 0.717) is 0 Å². The third kappa shape index (κ3) is 29.2. The SMILES string of the molecule is C[N+](C)(C)CCO.O=C([O-])CCC(=O)[O-].[Na+]. The Bertz CT molecular complexity index is 189. The maximum absolute atomic E-state index is 9.50. The van der Waals surface area contributed by atoms with E-state index in [1.54, 1.807) is 0 Å². The Morgan fingerprint density at radius 3 is 1.44 bits per heavy atom. The third-order valence-electron chi connectivity index (χ3n) is 1.30. The Morgan fingerprint density at radius 2 is 1.38 bits per heavy atom. The van der Waals surface area contributed by atoms with Gasteiger partial charge in [-0.3, -0.25) is 0 Å².